The molecule has 0 amide bonds. The predicted molar refractivity (Wildman–Crippen MR) is 73.6 cm³/mol. The maximum atomic E-state index is 6.16. The molecular weight excluding hydrogens is 256 g/mol. The molecule has 2 aliphatic heterocycles. The Hall–Kier alpha value is -0.160. The molecule has 2 aliphatic carbocycles. The number of hydrogen-bond donors (Lipinski definition) is 0. The second-order valence-corrected chi connectivity index (χ2v) is 6.84. The van der Waals surface area contributed by atoms with Gasteiger partial charge in [0, 0.05) is 0 Å². The summed E-state index contributed by atoms with van der Waals surface area (Å²) in [6, 6.07) is 0. The van der Waals surface area contributed by atoms with E-state index in [-0.39, 0.29) is 0 Å². The molecule has 6 atom stereocenters. The third-order valence-electron chi connectivity index (χ3n) is 5.36. The standard InChI is InChI=1S/C16H26O4/c1-2-4-14-13(3-1)15(19-9-11-7-17-11)5-6-16(14)20-10-12-8-18-12/h11-16H,1-10H2. The minimum atomic E-state index is 0.387. The van der Waals surface area contributed by atoms with E-state index in [1.807, 2.05) is 0 Å². The van der Waals surface area contributed by atoms with Crippen LogP contribution in [0.5, 0.6) is 0 Å². The van der Waals surface area contributed by atoms with Gasteiger partial charge in [-0.15, -0.1) is 0 Å². The molecule has 114 valence electrons. The average Bonchev–Trinajstić information content (AvgIpc) is 3.38. The Kier molecular flexibility index (Phi) is 3.99. The molecule has 2 heterocycles. The van der Waals surface area contributed by atoms with Gasteiger partial charge in [-0.1, -0.05) is 12.8 Å². The van der Waals surface area contributed by atoms with Crippen molar-refractivity contribution in [2.45, 2.75) is 62.9 Å². The molecule has 0 aromatic carbocycles. The van der Waals surface area contributed by atoms with Crippen LogP contribution in [0.25, 0.3) is 0 Å². The van der Waals surface area contributed by atoms with E-state index in [4.69, 9.17) is 18.9 Å². The molecule has 0 radical (unpaired) electrons. The van der Waals surface area contributed by atoms with Crippen LogP contribution < -0.4 is 0 Å². The second kappa shape index (κ2) is 5.91. The lowest BCUT2D eigenvalue weighted by Crippen LogP contribution is -2.45. The number of fused-ring (bicyclic) bond motifs is 1. The van der Waals surface area contributed by atoms with Crippen molar-refractivity contribution in [2.24, 2.45) is 11.8 Å². The lowest BCUT2D eigenvalue weighted by Gasteiger charge is -2.45. The molecule has 4 nitrogen and oxygen atoms in total. The Bertz CT molecular complexity index is 294. The van der Waals surface area contributed by atoms with Gasteiger partial charge in [0.05, 0.1) is 38.6 Å². The van der Waals surface area contributed by atoms with Crippen LogP contribution in [0.2, 0.25) is 0 Å². The van der Waals surface area contributed by atoms with Gasteiger partial charge in [0.1, 0.15) is 12.2 Å². The van der Waals surface area contributed by atoms with Crippen LogP contribution in [-0.4, -0.2) is 50.8 Å². The summed E-state index contributed by atoms with van der Waals surface area (Å²) in [5.74, 6) is 1.42. The van der Waals surface area contributed by atoms with Gasteiger partial charge in [-0.25, -0.2) is 0 Å². The zero-order valence-corrected chi connectivity index (χ0v) is 12.2. The van der Waals surface area contributed by atoms with Crippen LogP contribution in [-0.2, 0) is 18.9 Å². The van der Waals surface area contributed by atoms with Gasteiger partial charge in [-0.2, -0.15) is 0 Å². The highest BCUT2D eigenvalue weighted by atomic mass is 16.6. The summed E-state index contributed by atoms with van der Waals surface area (Å²) in [4.78, 5) is 0. The maximum Gasteiger partial charge on any atom is 0.104 e. The largest absolute Gasteiger partial charge is 0.375 e. The molecule has 2 saturated heterocycles. The van der Waals surface area contributed by atoms with Crippen molar-refractivity contribution in [3.05, 3.63) is 0 Å². The van der Waals surface area contributed by atoms with E-state index < -0.39 is 0 Å². The van der Waals surface area contributed by atoms with Crippen molar-refractivity contribution in [3.63, 3.8) is 0 Å². The highest BCUT2D eigenvalue weighted by Gasteiger charge is 2.42. The van der Waals surface area contributed by atoms with Gasteiger partial charge >= 0.3 is 0 Å². The van der Waals surface area contributed by atoms with Gasteiger partial charge in [-0.05, 0) is 37.5 Å². The third-order valence-corrected chi connectivity index (χ3v) is 5.36. The molecule has 0 N–H and O–H groups in total. The molecule has 4 heteroatoms. The first kappa shape index (κ1) is 13.5. The SMILES string of the molecule is C1CCC2C(OCC3CO3)CCC(OCC3CO3)C2C1. The van der Waals surface area contributed by atoms with Crippen LogP contribution in [0.1, 0.15) is 38.5 Å². The summed E-state index contributed by atoms with van der Waals surface area (Å²) < 4.78 is 22.8. The molecule has 0 bridgehead atoms. The van der Waals surface area contributed by atoms with E-state index >= 15 is 0 Å². The van der Waals surface area contributed by atoms with Crippen molar-refractivity contribution in [1.82, 2.24) is 0 Å². The number of hydrogen-bond acceptors (Lipinski definition) is 4. The van der Waals surface area contributed by atoms with Gasteiger partial charge in [0.15, 0.2) is 0 Å². The lowest BCUT2D eigenvalue weighted by atomic mass is 9.68. The quantitative estimate of drug-likeness (QED) is 0.700. The summed E-state index contributed by atoms with van der Waals surface area (Å²) in [6.07, 6.45) is 9.34. The van der Waals surface area contributed by atoms with E-state index in [0.29, 0.717) is 36.3 Å². The van der Waals surface area contributed by atoms with Crippen molar-refractivity contribution >= 4 is 0 Å². The normalized spacial score (nSPS) is 46.8. The summed E-state index contributed by atoms with van der Waals surface area (Å²) in [6.45, 7) is 3.40. The third kappa shape index (κ3) is 3.19. The minimum absolute atomic E-state index is 0.387. The first-order valence-electron chi connectivity index (χ1n) is 8.36. The Balaban J connectivity index is 1.33. The Morgan fingerprint density at radius 2 is 1.15 bits per heavy atom. The topological polar surface area (TPSA) is 43.5 Å². The van der Waals surface area contributed by atoms with Crippen LogP contribution in [0, 0.1) is 11.8 Å². The molecule has 2 saturated carbocycles. The number of rotatable bonds is 6. The van der Waals surface area contributed by atoms with E-state index in [0.717, 1.165) is 39.3 Å². The molecule has 20 heavy (non-hydrogen) atoms. The summed E-state index contributed by atoms with van der Waals surface area (Å²) in [7, 11) is 0. The van der Waals surface area contributed by atoms with Crippen LogP contribution in [0.3, 0.4) is 0 Å². The van der Waals surface area contributed by atoms with Crippen LogP contribution in [0.15, 0.2) is 0 Å². The number of ether oxygens (including phenoxy) is 4. The fourth-order valence-electron chi connectivity index (χ4n) is 4.07. The average molecular weight is 282 g/mol. The zero-order valence-electron chi connectivity index (χ0n) is 12.2. The summed E-state index contributed by atoms with van der Waals surface area (Å²) >= 11 is 0. The molecule has 0 aromatic heterocycles. The smallest absolute Gasteiger partial charge is 0.104 e. The first-order valence-corrected chi connectivity index (χ1v) is 8.36. The van der Waals surface area contributed by atoms with Gasteiger partial charge in [0.2, 0.25) is 0 Å². The fraction of sp³-hybridized carbons (Fsp3) is 1.00. The lowest BCUT2D eigenvalue weighted by molar-refractivity contribution is -0.116. The molecule has 4 fully saturated rings. The van der Waals surface area contributed by atoms with Crippen LogP contribution >= 0.6 is 0 Å². The number of epoxide rings is 2. The molecule has 0 spiro atoms. The first-order chi connectivity index (χ1) is 9.90. The van der Waals surface area contributed by atoms with Gasteiger partial charge in [-0.3, -0.25) is 0 Å². The second-order valence-electron chi connectivity index (χ2n) is 6.84. The van der Waals surface area contributed by atoms with E-state index in [9.17, 15) is 0 Å². The Morgan fingerprint density at radius 1 is 0.700 bits per heavy atom. The maximum absolute atomic E-state index is 6.16. The van der Waals surface area contributed by atoms with Crippen molar-refractivity contribution in [1.29, 1.82) is 0 Å². The minimum Gasteiger partial charge on any atom is -0.375 e. The Morgan fingerprint density at radius 3 is 1.55 bits per heavy atom. The molecular formula is C16H26O4. The van der Waals surface area contributed by atoms with Crippen molar-refractivity contribution < 1.29 is 18.9 Å². The van der Waals surface area contributed by atoms with Gasteiger partial charge in [0.25, 0.3) is 0 Å². The van der Waals surface area contributed by atoms with Crippen LogP contribution in [0.4, 0.5) is 0 Å². The van der Waals surface area contributed by atoms with E-state index in [1.165, 1.54) is 25.7 Å². The molecule has 6 unspecified atom stereocenters. The highest BCUT2D eigenvalue weighted by Crippen LogP contribution is 2.43. The summed E-state index contributed by atoms with van der Waals surface area (Å²) in [5, 5.41) is 0. The molecule has 4 rings (SSSR count). The monoisotopic (exact) mass is 282 g/mol. The van der Waals surface area contributed by atoms with E-state index in [1.54, 1.807) is 0 Å². The molecule has 4 aliphatic rings. The van der Waals surface area contributed by atoms with E-state index in [2.05, 4.69) is 0 Å². The summed E-state index contributed by atoms with van der Waals surface area (Å²) in [5.41, 5.74) is 0. The fourth-order valence-corrected chi connectivity index (χ4v) is 4.07. The Labute approximate surface area is 121 Å². The van der Waals surface area contributed by atoms with Crippen molar-refractivity contribution in [3.8, 4) is 0 Å². The molecule has 0 aromatic rings. The van der Waals surface area contributed by atoms with Crippen molar-refractivity contribution in [2.75, 3.05) is 26.4 Å². The highest BCUT2D eigenvalue weighted by molar-refractivity contribution is 4.92. The zero-order chi connectivity index (χ0) is 13.4. The predicted octanol–water partition coefficient (Wildman–Crippen LogP) is 2.15. The van der Waals surface area contributed by atoms with Gasteiger partial charge < -0.3 is 18.9 Å².